The van der Waals surface area contributed by atoms with E-state index in [1.165, 1.54) is 0 Å². The van der Waals surface area contributed by atoms with Crippen molar-refractivity contribution in [1.29, 1.82) is 0 Å². The third kappa shape index (κ3) is 3.12. The molecule has 1 fully saturated rings. The Morgan fingerprint density at radius 2 is 2.00 bits per heavy atom. The molecule has 1 saturated carbocycles. The smallest absolute Gasteiger partial charge is 0.252 e. The minimum atomic E-state index is 0.00560. The largest absolute Gasteiger partial charge is 0.349 e. The molecule has 0 bridgehead atoms. The number of nitrogens with one attached hydrogen (secondary N) is 1. The number of hydrogen-bond acceptors (Lipinski definition) is 2. The second-order valence-corrected chi connectivity index (χ2v) is 5.81. The standard InChI is InChI=1S/C14H19BrN2O/c1-9-3-2-4-12(13(9)15)14(18)17-11-7-5-10(16)6-8-11/h2-4,10-11H,5-8,16H2,1H3,(H,17,18). The first-order valence-corrected chi connectivity index (χ1v) is 7.19. The minimum absolute atomic E-state index is 0.00560. The Hall–Kier alpha value is -0.870. The van der Waals surface area contributed by atoms with Gasteiger partial charge in [0.15, 0.2) is 0 Å². The number of aryl methyl sites for hydroxylation is 1. The average molecular weight is 311 g/mol. The van der Waals surface area contributed by atoms with Crippen molar-refractivity contribution in [1.82, 2.24) is 5.32 Å². The number of halogens is 1. The maximum absolute atomic E-state index is 12.2. The van der Waals surface area contributed by atoms with Crippen LogP contribution in [0.3, 0.4) is 0 Å². The van der Waals surface area contributed by atoms with Crippen LogP contribution in [0.2, 0.25) is 0 Å². The van der Waals surface area contributed by atoms with Gasteiger partial charge in [-0.15, -0.1) is 0 Å². The van der Waals surface area contributed by atoms with Crippen LogP contribution in [0.4, 0.5) is 0 Å². The molecule has 1 aromatic rings. The number of amides is 1. The van der Waals surface area contributed by atoms with Crippen molar-refractivity contribution in [3.05, 3.63) is 33.8 Å². The fourth-order valence-corrected chi connectivity index (χ4v) is 2.79. The SMILES string of the molecule is Cc1cccc(C(=O)NC2CCC(N)CC2)c1Br. The summed E-state index contributed by atoms with van der Waals surface area (Å²) in [6.45, 7) is 1.99. The molecule has 2 rings (SSSR count). The van der Waals surface area contributed by atoms with Crippen molar-refractivity contribution in [2.24, 2.45) is 5.73 Å². The number of carbonyl (C=O) groups is 1. The second-order valence-electron chi connectivity index (χ2n) is 5.02. The van der Waals surface area contributed by atoms with E-state index in [0.29, 0.717) is 11.6 Å². The zero-order valence-electron chi connectivity index (χ0n) is 10.6. The third-order valence-electron chi connectivity index (χ3n) is 3.54. The molecule has 1 aliphatic carbocycles. The van der Waals surface area contributed by atoms with Gasteiger partial charge in [0.2, 0.25) is 0 Å². The van der Waals surface area contributed by atoms with E-state index in [0.717, 1.165) is 35.7 Å². The van der Waals surface area contributed by atoms with Gasteiger partial charge in [-0.3, -0.25) is 4.79 Å². The minimum Gasteiger partial charge on any atom is -0.349 e. The van der Waals surface area contributed by atoms with Gasteiger partial charge >= 0.3 is 0 Å². The lowest BCUT2D eigenvalue weighted by Gasteiger charge is -2.27. The molecule has 18 heavy (non-hydrogen) atoms. The first-order chi connectivity index (χ1) is 8.58. The molecule has 98 valence electrons. The van der Waals surface area contributed by atoms with Crippen molar-refractivity contribution in [3.63, 3.8) is 0 Å². The Labute approximate surface area is 116 Å². The van der Waals surface area contributed by atoms with Gasteiger partial charge in [0.05, 0.1) is 5.56 Å². The lowest BCUT2D eigenvalue weighted by molar-refractivity contribution is 0.0925. The van der Waals surface area contributed by atoms with E-state index >= 15 is 0 Å². The summed E-state index contributed by atoms with van der Waals surface area (Å²) in [5, 5.41) is 3.10. The zero-order valence-corrected chi connectivity index (χ0v) is 12.2. The Bertz CT molecular complexity index is 439. The van der Waals surface area contributed by atoms with Gasteiger partial charge in [-0.05, 0) is 60.2 Å². The average Bonchev–Trinajstić information content (AvgIpc) is 2.35. The molecule has 0 spiro atoms. The van der Waals surface area contributed by atoms with E-state index in [4.69, 9.17) is 5.73 Å². The molecule has 4 heteroatoms. The van der Waals surface area contributed by atoms with Gasteiger partial charge in [0, 0.05) is 16.6 Å². The van der Waals surface area contributed by atoms with E-state index < -0.39 is 0 Å². The van der Waals surface area contributed by atoms with Crippen LogP contribution < -0.4 is 11.1 Å². The third-order valence-corrected chi connectivity index (χ3v) is 4.60. The van der Waals surface area contributed by atoms with Crippen LogP contribution in [-0.4, -0.2) is 18.0 Å². The molecule has 1 amide bonds. The van der Waals surface area contributed by atoms with Crippen LogP contribution in [0.25, 0.3) is 0 Å². The summed E-state index contributed by atoms with van der Waals surface area (Å²) in [7, 11) is 0. The maximum atomic E-state index is 12.2. The lowest BCUT2D eigenvalue weighted by atomic mass is 9.91. The number of hydrogen-bond donors (Lipinski definition) is 2. The highest BCUT2D eigenvalue weighted by molar-refractivity contribution is 9.10. The fraction of sp³-hybridized carbons (Fsp3) is 0.500. The van der Waals surface area contributed by atoms with Crippen molar-refractivity contribution in [3.8, 4) is 0 Å². The lowest BCUT2D eigenvalue weighted by Crippen LogP contribution is -2.40. The molecule has 0 heterocycles. The predicted molar refractivity (Wildman–Crippen MR) is 76.6 cm³/mol. The number of benzene rings is 1. The zero-order chi connectivity index (χ0) is 13.1. The summed E-state index contributed by atoms with van der Waals surface area (Å²) in [5.74, 6) is 0.00560. The topological polar surface area (TPSA) is 55.1 Å². The van der Waals surface area contributed by atoms with E-state index in [1.54, 1.807) is 0 Å². The summed E-state index contributed by atoms with van der Waals surface area (Å²) >= 11 is 3.47. The molecule has 0 aliphatic heterocycles. The van der Waals surface area contributed by atoms with Gasteiger partial charge in [-0.2, -0.15) is 0 Å². The Balaban J connectivity index is 2.01. The van der Waals surface area contributed by atoms with Gasteiger partial charge in [0.1, 0.15) is 0 Å². The highest BCUT2D eigenvalue weighted by Crippen LogP contribution is 2.22. The number of carbonyl (C=O) groups excluding carboxylic acids is 1. The summed E-state index contributed by atoms with van der Waals surface area (Å²) in [5.41, 5.74) is 7.65. The monoisotopic (exact) mass is 310 g/mol. The van der Waals surface area contributed by atoms with Crippen molar-refractivity contribution in [2.75, 3.05) is 0 Å². The van der Waals surface area contributed by atoms with E-state index in [2.05, 4.69) is 21.2 Å². The first-order valence-electron chi connectivity index (χ1n) is 6.39. The van der Waals surface area contributed by atoms with Crippen LogP contribution in [0, 0.1) is 6.92 Å². The fourth-order valence-electron chi connectivity index (χ4n) is 2.35. The molecular formula is C14H19BrN2O. The van der Waals surface area contributed by atoms with Gasteiger partial charge < -0.3 is 11.1 Å². The molecule has 1 aromatic carbocycles. The molecule has 0 radical (unpaired) electrons. The highest BCUT2D eigenvalue weighted by Gasteiger charge is 2.21. The second kappa shape index (κ2) is 5.85. The normalized spacial score (nSPS) is 23.7. The quantitative estimate of drug-likeness (QED) is 0.882. The van der Waals surface area contributed by atoms with E-state index in [1.807, 2.05) is 25.1 Å². The van der Waals surface area contributed by atoms with Crippen molar-refractivity contribution >= 4 is 21.8 Å². The summed E-state index contributed by atoms with van der Waals surface area (Å²) in [4.78, 5) is 12.2. The summed E-state index contributed by atoms with van der Waals surface area (Å²) in [6.07, 6.45) is 3.96. The van der Waals surface area contributed by atoms with Crippen molar-refractivity contribution in [2.45, 2.75) is 44.7 Å². The molecule has 0 saturated heterocycles. The summed E-state index contributed by atoms with van der Waals surface area (Å²) < 4.78 is 0.884. The molecule has 0 unspecified atom stereocenters. The van der Waals surface area contributed by atoms with Crippen LogP contribution in [0.5, 0.6) is 0 Å². The van der Waals surface area contributed by atoms with E-state index in [-0.39, 0.29) is 11.9 Å². The van der Waals surface area contributed by atoms with Gasteiger partial charge in [-0.25, -0.2) is 0 Å². The first kappa shape index (κ1) is 13.6. The van der Waals surface area contributed by atoms with E-state index in [9.17, 15) is 4.79 Å². The molecular weight excluding hydrogens is 292 g/mol. The summed E-state index contributed by atoms with van der Waals surface area (Å²) in [6, 6.07) is 6.32. The van der Waals surface area contributed by atoms with Gasteiger partial charge in [0.25, 0.3) is 5.91 Å². The molecule has 3 nitrogen and oxygen atoms in total. The van der Waals surface area contributed by atoms with Gasteiger partial charge in [-0.1, -0.05) is 12.1 Å². The van der Waals surface area contributed by atoms with Crippen LogP contribution in [0.1, 0.15) is 41.6 Å². The number of nitrogens with two attached hydrogens (primary N) is 1. The molecule has 1 aliphatic rings. The molecule has 0 atom stereocenters. The number of rotatable bonds is 2. The Morgan fingerprint density at radius 1 is 1.33 bits per heavy atom. The van der Waals surface area contributed by atoms with Crippen LogP contribution >= 0.6 is 15.9 Å². The van der Waals surface area contributed by atoms with Crippen molar-refractivity contribution < 1.29 is 4.79 Å². The molecule has 3 N–H and O–H groups in total. The van der Waals surface area contributed by atoms with Crippen LogP contribution in [-0.2, 0) is 0 Å². The maximum Gasteiger partial charge on any atom is 0.252 e. The predicted octanol–water partition coefficient (Wildman–Crippen LogP) is 2.76. The molecule has 0 aromatic heterocycles. The Kier molecular flexibility index (Phi) is 4.40. The highest BCUT2D eigenvalue weighted by atomic mass is 79.9. The van der Waals surface area contributed by atoms with Crippen LogP contribution in [0.15, 0.2) is 22.7 Å². The Morgan fingerprint density at radius 3 is 2.67 bits per heavy atom.